The zero-order valence-corrected chi connectivity index (χ0v) is 14.0. The van der Waals surface area contributed by atoms with Crippen LogP contribution in [0.4, 0.5) is 0 Å². The highest BCUT2D eigenvalue weighted by Crippen LogP contribution is 2.29. The highest BCUT2D eigenvalue weighted by atomic mass is 16.5. The molecule has 124 valence electrons. The van der Waals surface area contributed by atoms with Gasteiger partial charge in [0.2, 0.25) is 0 Å². The minimum absolute atomic E-state index is 0.0668. The molecule has 0 N–H and O–H groups in total. The summed E-state index contributed by atoms with van der Waals surface area (Å²) in [7, 11) is 1.65. The first-order valence-corrected chi connectivity index (χ1v) is 8.08. The van der Waals surface area contributed by atoms with Crippen molar-refractivity contribution in [1.82, 2.24) is 4.90 Å². The summed E-state index contributed by atoms with van der Waals surface area (Å²) in [4.78, 5) is 15.0. The third-order valence-electron chi connectivity index (χ3n) is 4.48. The highest BCUT2D eigenvalue weighted by molar-refractivity contribution is 5.83. The largest absolute Gasteiger partial charge is 0.496 e. The van der Waals surface area contributed by atoms with Gasteiger partial charge < -0.3 is 13.9 Å². The molecule has 1 aliphatic rings. The van der Waals surface area contributed by atoms with Crippen molar-refractivity contribution < 1.29 is 13.9 Å². The van der Waals surface area contributed by atoms with E-state index in [1.807, 2.05) is 19.9 Å². The fourth-order valence-corrected chi connectivity index (χ4v) is 3.18. The van der Waals surface area contributed by atoms with E-state index in [0.29, 0.717) is 29.7 Å². The molecule has 0 amide bonds. The molecular weight excluding hydrogens is 294 g/mol. The van der Waals surface area contributed by atoms with Crippen molar-refractivity contribution in [2.24, 2.45) is 0 Å². The predicted molar refractivity (Wildman–Crippen MR) is 89.2 cm³/mol. The first kappa shape index (κ1) is 16.0. The molecule has 0 bridgehead atoms. The molecule has 0 aliphatic carbocycles. The third kappa shape index (κ3) is 2.99. The van der Waals surface area contributed by atoms with Gasteiger partial charge in [-0.1, -0.05) is 6.92 Å². The molecule has 1 aromatic carbocycles. The Balaban J connectivity index is 2.15. The summed E-state index contributed by atoms with van der Waals surface area (Å²) in [6.45, 7) is 7.73. The fraction of sp³-hybridized carbons (Fsp3) is 0.500. The van der Waals surface area contributed by atoms with E-state index in [1.165, 1.54) is 0 Å². The molecule has 3 rings (SSSR count). The smallest absolute Gasteiger partial charge is 0.196 e. The summed E-state index contributed by atoms with van der Waals surface area (Å²) in [5.41, 5.74) is 2.41. The van der Waals surface area contributed by atoms with Gasteiger partial charge in [0.25, 0.3) is 0 Å². The van der Waals surface area contributed by atoms with E-state index in [-0.39, 0.29) is 5.43 Å². The van der Waals surface area contributed by atoms with E-state index >= 15 is 0 Å². The van der Waals surface area contributed by atoms with Crippen LogP contribution in [0.25, 0.3) is 11.0 Å². The monoisotopic (exact) mass is 317 g/mol. The normalized spacial score (nSPS) is 16.0. The standard InChI is InChI=1S/C18H23NO4/c1-4-13-12(2)23-18-14(17(13)20)5-6-16(21-3)15(18)11-19-7-9-22-10-8-19/h5-6H,4,7-11H2,1-3H3. The summed E-state index contributed by atoms with van der Waals surface area (Å²) in [6, 6.07) is 3.67. The van der Waals surface area contributed by atoms with Crippen molar-refractivity contribution in [1.29, 1.82) is 0 Å². The molecule has 5 heteroatoms. The first-order valence-electron chi connectivity index (χ1n) is 8.08. The van der Waals surface area contributed by atoms with Gasteiger partial charge in [-0.2, -0.15) is 0 Å². The van der Waals surface area contributed by atoms with Crippen LogP contribution in [0, 0.1) is 6.92 Å². The molecule has 0 spiro atoms. The van der Waals surface area contributed by atoms with Gasteiger partial charge in [-0.05, 0) is 25.5 Å². The second-order valence-electron chi connectivity index (χ2n) is 5.83. The minimum atomic E-state index is 0.0668. The van der Waals surface area contributed by atoms with Crippen molar-refractivity contribution in [2.75, 3.05) is 33.4 Å². The number of hydrogen-bond acceptors (Lipinski definition) is 5. The summed E-state index contributed by atoms with van der Waals surface area (Å²) < 4.78 is 17.0. The first-order chi connectivity index (χ1) is 11.2. The maximum Gasteiger partial charge on any atom is 0.196 e. The van der Waals surface area contributed by atoms with Crippen molar-refractivity contribution in [3.63, 3.8) is 0 Å². The Labute approximate surface area is 135 Å². The van der Waals surface area contributed by atoms with Crippen LogP contribution in [-0.2, 0) is 17.7 Å². The Morgan fingerprint density at radius 2 is 1.96 bits per heavy atom. The van der Waals surface area contributed by atoms with Crippen LogP contribution in [0.1, 0.15) is 23.8 Å². The van der Waals surface area contributed by atoms with Gasteiger partial charge in [0.1, 0.15) is 17.1 Å². The molecule has 1 fully saturated rings. The van der Waals surface area contributed by atoms with Crippen molar-refractivity contribution in [3.05, 3.63) is 39.2 Å². The van der Waals surface area contributed by atoms with E-state index in [2.05, 4.69) is 4.90 Å². The maximum absolute atomic E-state index is 12.7. The van der Waals surface area contributed by atoms with Crippen LogP contribution in [0.15, 0.2) is 21.3 Å². The molecule has 2 aromatic rings. The Morgan fingerprint density at radius 1 is 1.22 bits per heavy atom. The van der Waals surface area contributed by atoms with Crippen LogP contribution in [0.5, 0.6) is 5.75 Å². The molecule has 23 heavy (non-hydrogen) atoms. The molecule has 2 heterocycles. The van der Waals surface area contributed by atoms with E-state index in [1.54, 1.807) is 13.2 Å². The molecule has 1 aliphatic heterocycles. The van der Waals surface area contributed by atoms with Crippen molar-refractivity contribution in [3.8, 4) is 5.75 Å². The number of methoxy groups -OCH3 is 1. The molecule has 0 unspecified atom stereocenters. The van der Waals surface area contributed by atoms with Crippen molar-refractivity contribution >= 4 is 11.0 Å². The Kier molecular flexibility index (Phi) is 4.68. The van der Waals surface area contributed by atoms with Gasteiger partial charge in [-0.25, -0.2) is 0 Å². The molecule has 5 nitrogen and oxygen atoms in total. The molecule has 0 radical (unpaired) electrons. The van der Waals surface area contributed by atoms with E-state index in [0.717, 1.165) is 43.2 Å². The third-order valence-corrected chi connectivity index (χ3v) is 4.48. The van der Waals surface area contributed by atoms with Gasteiger partial charge in [-0.3, -0.25) is 9.69 Å². The Bertz CT molecular complexity index is 760. The van der Waals surface area contributed by atoms with Gasteiger partial charge in [-0.15, -0.1) is 0 Å². The Morgan fingerprint density at radius 3 is 2.61 bits per heavy atom. The van der Waals surface area contributed by atoms with E-state index in [9.17, 15) is 4.79 Å². The molecule has 1 aromatic heterocycles. The quantitative estimate of drug-likeness (QED) is 0.867. The lowest BCUT2D eigenvalue weighted by atomic mass is 10.0. The Hall–Kier alpha value is -1.85. The van der Waals surface area contributed by atoms with E-state index in [4.69, 9.17) is 13.9 Å². The van der Waals surface area contributed by atoms with E-state index < -0.39 is 0 Å². The number of benzene rings is 1. The lowest BCUT2D eigenvalue weighted by molar-refractivity contribution is 0.0339. The number of hydrogen-bond donors (Lipinski definition) is 0. The van der Waals surface area contributed by atoms with Gasteiger partial charge >= 0.3 is 0 Å². The lowest BCUT2D eigenvalue weighted by Crippen LogP contribution is -2.35. The number of rotatable bonds is 4. The van der Waals surface area contributed by atoms with Crippen LogP contribution < -0.4 is 10.2 Å². The van der Waals surface area contributed by atoms with Crippen LogP contribution in [-0.4, -0.2) is 38.3 Å². The molecule has 0 atom stereocenters. The number of aryl methyl sites for hydroxylation is 1. The minimum Gasteiger partial charge on any atom is -0.496 e. The summed E-state index contributed by atoms with van der Waals surface area (Å²) in [5.74, 6) is 1.46. The summed E-state index contributed by atoms with van der Waals surface area (Å²) >= 11 is 0. The topological polar surface area (TPSA) is 51.9 Å². The van der Waals surface area contributed by atoms with Crippen LogP contribution in [0.3, 0.4) is 0 Å². The molecule has 1 saturated heterocycles. The average Bonchev–Trinajstić information content (AvgIpc) is 2.57. The predicted octanol–water partition coefficient (Wildman–Crippen LogP) is 2.50. The fourth-order valence-electron chi connectivity index (χ4n) is 3.18. The summed E-state index contributed by atoms with van der Waals surface area (Å²) in [6.07, 6.45) is 0.676. The number of ether oxygens (including phenoxy) is 2. The summed E-state index contributed by atoms with van der Waals surface area (Å²) in [5, 5.41) is 0.636. The number of morpholine rings is 1. The van der Waals surface area contributed by atoms with Crippen molar-refractivity contribution in [2.45, 2.75) is 26.8 Å². The SMILES string of the molecule is CCc1c(C)oc2c(CN3CCOCC3)c(OC)ccc2c1=O. The van der Waals surface area contributed by atoms with Gasteiger partial charge in [0.15, 0.2) is 5.43 Å². The zero-order chi connectivity index (χ0) is 16.4. The number of nitrogens with zero attached hydrogens (tertiary/aromatic N) is 1. The maximum atomic E-state index is 12.7. The second kappa shape index (κ2) is 6.72. The molecule has 0 saturated carbocycles. The zero-order valence-electron chi connectivity index (χ0n) is 14.0. The average molecular weight is 317 g/mol. The highest BCUT2D eigenvalue weighted by Gasteiger charge is 2.20. The van der Waals surface area contributed by atoms with Crippen LogP contribution in [0.2, 0.25) is 0 Å². The second-order valence-corrected chi connectivity index (χ2v) is 5.83. The molecular formula is C18H23NO4. The van der Waals surface area contributed by atoms with Gasteiger partial charge in [0, 0.05) is 25.2 Å². The van der Waals surface area contributed by atoms with Crippen LogP contribution >= 0.6 is 0 Å². The number of fused-ring (bicyclic) bond motifs is 1. The lowest BCUT2D eigenvalue weighted by Gasteiger charge is -2.27. The van der Waals surface area contributed by atoms with Gasteiger partial charge in [0.05, 0.1) is 31.3 Å².